The molecule has 7 nitrogen and oxygen atoms in total. The first-order valence-electron chi connectivity index (χ1n) is 5.55. The lowest BCUT2D eigenvalue weighted by Crippen LogP contribution is -2.38. The van der Waals surface area contributed by atoms with E-state index in [4.69, 9.17) is 5.73 Å². The number of nitrogens with zero attached hydrogens (tertiary/aromatic N) is 2. The second-order valence-electron chi connectivity index (χ2n) is 4.00. The molecule has 1 heterocycles. The van der Waals surface area contributed by atoms with E-state index in [0.29, 0.717) is 13.1 Å². The van der Waals surface area contributed by atoms with Crippen LogP contribution >= 0.6 is 11.8 Å². The van der Waals surface area contributed by atoms with Gasteiger partial charge in [0.05, 0.1) is 10.6 Å². The van der Waals surface area contributed by atoms with Gasteiger partial charge in [-0.2, -0.15) is 16.1 Å². The van der Waals surface area contributed by atoms with Crippen molar-refractivity contribution in [1.29, 1.82) is 0 Å². The number of non-ortho nitro benzene ring substituents is 1. The summed E-state index contributed by atoms with van der Waals surface area (Å²) in [6, 6.07) is 3.43. The maximum Gasteiger partial charge on any atom is 0.271 e. The Labute approximate surface area is 115 Å². The number of hydrogen-bond donors (Lipinski definition) is 1. The molecule has 104 valence electrons. The van der Waals surface area contributed by atoms with Gasteiger partial charge in [0.2, 0.25) is 10.0 Å². The molecule has 0 atom stereocenters. The van der Waals surface area contributed by atoms with Crippen molar-refractivity contribution >= 4 is 33.2 Å². The number of nitro groups is 1. The Balaban J connectivity index is 2.37. The van der Waals surface area contributed by atoms with Crippen LogP contribution in [0.3, 0.4) is 0 Å². The van der Waals surface area contributed by atoms with Crippen LogP contribution in [0.25, 0.3) is 0 Å². The van der Waals surface area contributed by atoms with Gasteiger partial charge in [-0.05, 0) is 6.07 Å². The highest BCUT2D eigenvalue weighted by Gasteiger charge is 2.28. The molecule has 0 unspecified atom stereocenters. The fraction of sp³-hybridized carbons (Fsp3) is 0.400. The number of nitrogens with two attached hydrogens (primary N) is 1. The normalized spacial score (nSPS) is 17.3. The van der Waals surface area contributed by atoms with Gasteiger partial charge in [-0.3, -0.25) is 10.1 Å². The van der Waals surface area contributed by atoms with Gasteiger partial charge in [-0.25, -0.2) is 8.42 Å². The number of anilines is 1. The molecule has 2 N–H and O–H groups in total. The summed E-state index contributed by atoms with van der Waals surface area (Å²) in [4.78, 5) is 9.93. The summed E-state index contributed by atoms with van der Waals surface area (Å²) in [5, 5.41) is 10.6. The van der Waals surface area contributed by atoms with Crippen LogP contribution in [-0.2, 0) is 10.0 Å². The predicted molar refractivity (Wildman–Crippen MR) is 73.6 cm³/mol. The standard InChI is InChI=1S/C10H13N3O4S2/c11-9-7-8(13(14)15)1-2-10(9)19(16,17)12-3-5-18-6-4-12/h1-2,7H,3-6,11H2. The molecule has 0 amide bonds. The van der Waals surface area contributed by atoms with Crippen molar-refractivity contribution in [2.24, 2.45) is 0 Å². The van der Waals surface area contributed by atoms with Crippen molar-refractivity contribution in [3.63, 3.8) is 0 Å². The molecule has 1 aromatic rings. The van der Waals surface area contributed by atoms with Crippen LogP contribution in [-0.4, -0.2) is 42.2 Å². The minimum absolute atomic E-state index is 0.0648. The van der Waals surface area contributed by atoms with E-state index in [2.05, 4.69) is 0 Å². The summed E-state index contributed by atoms with van der Waals surface area (Å²) >= 11 is 1.69. The molecule has 0 radical (unpaired) electrons. The van der Waals surface area contributed by atoms with Gasteiger partial charge in [0.1, 0.15) is 4.90 Å². The zero-order valence-corrected chi connectivity index (χ0v) is 11.6. The van der Waals surface area contributed by atoms with E-state index in [1.54, 1.807) is 11.8 Å². The van der Waals surface area contributed by atoms with Crippen LogP contribution in [0.5, 0.6) is 0 Å². The van der Waals surface area contributed by atoms with Crippen LogP contribution < -0.4 is 5.73 Å². The Kier molecular flexibility index (Phi) is 3.97. The molecule has 1 aromatic carbocycles. The smallest absolute Gasteiger partial charge is 0.271 e. The van der Waals surface area contributed by atoms with Gasteiger partial charge in [0.25, 0.3) is 5.69 Å². The zero-order valence-electron chi connectivity index (χ0n) is 9.98. The van der Waals surface area contributed by atoms with E-state index < -0.39 is 14.9 Å². The summed E-state index contributed by atoms with van der Waals surface area (Å²) in [5.41, 5.74) is 5.33. The Morgan fingerprint density at radius 3 is 2.47 bits per heavy atom. The highest BCUT2D eigenvalue weighted by atomic mass is 32.2. The first-order valence-corrected chi connectivity index (χ1v) is 8.14. The van der Waals surface area contributed by atoms with Crippen molar-refractivity contribution in [3.8, 4) is 0 Å². The van der Waals surface area contributed by atoms with Gasteiger partial charge in [0.15, 0.2) is 0 Å². The SMILES string of the molecule is Nc1cc([N+](=O)[O-])ccc1S(=O)(=O)N1CCSCC1. The Morgan fingerprint density at radius 1 is 1.32 bits per heavy atom. The van der Waals surface area contributed by atoms with Gasteiger partial charge < -0.3 is 5.73 Å². The molecule has 1 aliphatic rings. The van der Waals surface area contributed by atoms with E-state index in [0.717, 1.165) is 23.6 Å². The summed E-state index contributed by atoms with van der Waals surface area (Å²) < 4.78 is 26.1. The summed E-state index contributed by atoms with van der Waals surface area (Å²) in [6.45, 7) is 0.868. The summed E-state index contributed by atoms with van der Waals surface area (Å²) in [5.74, 6) is 1.48. The number of nitrogen functional groups attached to an aromatic ring is 1. The van der Waals surface area contributed by atoms with Crippen molar-refractivity contribution in [1.82, 2.24) is 4.31 Å². The van der Waals surface area contributed by atoms with E-state index in [-0.39, 0.29) is 16.3 Å². The molecule has 1 saturated heterocycles. The van der Waals surface area contributed by atoms with Crippen LogP contribution in [0, 0.1) is 10.1 Å². The molecular formula is C10H13N3O4S2. The number of nitro benzene ring substituents is 1. The summed E-state index contributed by atoms with van der Waals surface area (Å²) in [7, 11) is -3.66. The second-order valence-corrected chi connectivity index (χ2v) is 7.13. The lowest BCUT2D eigenvalue weighted by molar-refractivity contribution is -0.384. The van der Waals surface area contributed by atoms with Crippen molar-refractivity contribution in [2.75, 3.05) is 30.3 Å². The Bertz CT molecular complexity index is 597. The lowest BCUT2D eigenvalue weighted by Gasteiger charge is -2.26. The first-order chi connectivity index (χ1) is 8.93. The second kappa shape index (κ2) is 5.35. The molecule has 0 bridgehead atoms. The highest BCUT2D eigenvalue weighted by Crippen LogP contribution is 2.27. The van der Waals surface area contributed by atoms with Gasteiger partial charge in [-0.1, -0.05) is 0 Å². The highest BCUT2D eigenvalue weighted by molar-refractivity contribution is 7.99. The monoisotopic (exact) mass is 303 g/mol. The fourth-order valence-corrected chi connectivity index (χ4v) is 4.48. The molecule has 19 heavy (non-hydrogen) atoms. The molecule has 2 rings (SSSR count). The first kappa shape index (κ1) is 14.1. The average molecular weight is 303 g/mol. The van der Waals surface area contributed by atoms with Gasteiger partial charge in [0, 0.05) is 36.7 Å². The molecule has 9 heteroatoms. The fourth-order valence-electron chi connectivity index (χ4n) is 1.81. The maximum atomic E-state index is 12.4. The molecule has 0 aromatic heterocycles. The number of sulfonamides is 1. The van der Waals surface area contributed by atoms with E-state index in [1.165, 1.54) is 10.4 Å². The third kappa shape index (κ3) is 2.82. The van der Waals surface area contributed by atoms with Crippen molar-refractivity contribution in [2.45, 2.75) is 4.90 Å². The van der Waals surface area contributed by atoms with Crippen LogP contribution in [0.1, 0.15) is 0 Å². The number of benzene rings is 1. The zero-order chi connectivity index (χ0) is 14.0. The van der Waals surface area contributed by atoms with E-state index in [9.17, 15) is 18.5 Å². The molecule has 0 aliphatic carbocycles. The molecular weight excluding hydrogens is 290 g/mol. The Hall–Kier alpha value is -1.32. The quantitative estimate of drug-likeness (QED) is 0.505. The third-order valence-corrected chi connectivity index (χ3v) is 5.71. The van der Waals surface area contributed by atoms with Crippen molar-refractivity contribution < 1.29 is 13.3 Å². The van der Waals surface area contributed by atoms with Gasteiger partial charge in [-0.15, -0.1) is 0 Å². The van der Waals surface area contributed by atoms with Crippen molar-refractivity contribution in [3.05, 3.63) is 28.3 Å². The minimum atomic E-state index is -3.66. The summed E-state index contributed by atoms with van der Waals surface area (Å²) in [6.07, 6.45) is 0. The average Bonchev–Trinajstić information content (AvgIpc) is 2.39. The molecule has 0 saturated carbocycles. The largest absolute Gasteiger partial charge is 0.397 e. The van der Waals surface area contributed by atoms with E-state index >= 15 is 0 Å². The van der Waals surface area contributed by atoms with Crippen LogP contribution in [0.15, 0.2) is 23.1 Å². The molecule has 0 spiro atoms. The van der Waals surface area contributed by atoms with Gasteiger partial charge >= 0.3 is 0 Å². The molecule has 1 aliphatic heterocycles. The number of thioether (sulfide) groups is 1. The number of hydrogen-bond acceptors (Lipinski definition) is 6. The number of rotatable bonds is 3. The lowest BCUT2D eigenvalue weighted by atomic mass is 10.3. The van der Waals surface area contributed by atoms with Crippen LogP contribution in [0.4, 0.5) is 11.4 Å². The maximum absolute atomic E-state index is 12.4. The topological polar surface area (TPSA) is 107 Å². The predicted octanol–water partition coefficient (Wildman–Crippen LogP) is 0.915. The van der Waals surface area contributed by atoms with E-state index in [1.807, 2.05) is 0 Å². The minimum Gasteiger partial charge on any atom is -0.397 e. The molecule has 1 fully saturated rings. The Morgan fingerprint density at radius 2 is 1.95 bits per heavy atom. The third-order valence-electron chi connectivity index (χ3n) is 2.79. The van der Waals surface area contributed by atoms with Crippen LogP contribution in [0.2, 0.25) is 0 Å².